The lowest BCUT2D eigenvalue weighted by Gasteiger charge is -2.16. The Morgan fingerprint density at radius 1 is 1.37 bits per heavy atom. The van der Waals surface area contributed by atoms with Crippen molar-refractivity contribution in [2.45, 2.75) is 38.8 Å². The van der Waals surface area contributed by atoms with Crippen LogP contribution < -0.4 is 15.4 Å². The van der Waals surface area contributed by atoms with Gasteiger partial charge < -0.3 is 15.4 Å². The van der Waals surface area contributed by atoms with E-state index in [4.69, 9.17) is 4.74 Å². The van der Waals surface area contributed by atoms with E-state index in [2.05, 4.69) is 10.6 Å². The third-order valence-corrected chi connectivity index (χ3v) is 3.35. The fraction of sp³-hybridized carbons (Fsp3) is 0.533. The molecule has 1 unspecified atom stereocenters. The number of rotatable bonds is 5. The van der Waals surface area contributed by atoms with Crippen LogP contribution in [0.15, 0.2) is 24.3 Å². The topological polar surface area (TPSA) is 50.4 Å². The predicted octanol–water partition coefficient (Wildman–Crippen LogP) is 1.84. The number of carbonyl (C=O) groups excluding carboxylic acids is 1. The van der Waals surface area contributed by atoms with Crippen molar-refractivity contribution in [3.05, 3.63) is 29.8 Å². The zero-order valence-corrected chi connectivity index (χ0v) is 11.4. The van der Waals surface area contributed by atoms with Crippen LogP contribution in [-0.2, 0) is 11.3 Å². The van der Waals surface area contributed by atoms with Crippen molar-refractivity contribution >= 4 is 5.91 Å². The Bertz CT molecular complexity index is 420. The van der Waals surface area contributed by atoms with Crippen LogP contribution in [0.3, 0.4) is 0 Å². The van der Waals surface area contributed by atoms with E-state index in [1.54, 1.807) is 0 Å². The van der Waals surface area contributed by atoms with Gasteiger partial charge in [0.1, 0.15) is 5.75 Å². The number of benzene rings is 1. The molecule has 1 saturated heterocycles. The van der Waals surface area contributed by atoms with E-state index in [9.17, 15) is 4.79 Å². The molecule has 1 aromatic carbocycles. The van der Waals surface area contributed by atoms with Crippen molar-refractivity contribution in [2.24, 2.45) is 0 Å². The lowest BCUT2D eigenvalue weighted by atomic mass is 10.1. The van der Waals surface area contributed by atoms with Gasteiger partial charge in [0, 0.05) is 18.7 Å². The smallest absolute Gasteiger partial charge is 0.237 e. The molecule has 1 aliphatic heterocycles. The summed E-state index contributed by atoms with van der Waals surface area (Å²) in [4.78, 5) is 11.8. The molecule has 1 amide bonds. The number of nitrogens with one attached hydrogen (secondary N) is 2. The van der Waals surface area contributed by atoms with Gasteiger partial charge in [-0.05, 0) is 32.3 Å². The molecule has 2 N–H and O–H groups in total. The van der Waals surface area contributed by atoms with Gasteiger partial charge >= 0.3 is 0 Å². The Hall–Kier alpha value is -1.55. The minimum Gasteiger partial charge on any atom is -0.494 e. The fourth-order valence-electron chi connectivity index (χ4n) is 2.31. The fourth-order valence-corrected chi connectivity index (χ4v) is 2.31. The molecule has 2 rings (SSSR count). The summed E-state index contributed by atoms with van der Waals surface area (Å²) < 4.78 is 5.59. The van der Waals surface area contributed by atoms with Crippen LogP contribution in [-0.4, -0.2) is 25.1 Å². The SMILES string of the molecule is CCOc1ccccc1CNC1CCCCNC1=O. The summed E-state index contributed by atoms with van der Waals surface area (Å²) in [6, 6.07) is 7.87. The lowest BCUT2D eigenvalue weighted by molar-refractivity contribution is -0.122. The van der Waals surface area contributed by atoms with Crippen molar-refractivity contribution in [1.29, 1.82) is 0 Å². The average Bonchev–Trinajstić information content (AvgIpc) is 2.63. The normalized spacial score (nSPS) is 19.6. The average molecular weight is 262 g/mol. The van der Waals surface area contributed by atoms with Crippen molar-refractivity contribution in [2.75, 3.05) is 13.2 Å². The number of ether oxygens (including phenoxy) is 1. The highest BCUT2D eigenvalue weighted by molar-refractivity contribution is 5.81. The standard InChI is InChI=1S/C15H22N2O2/c1-2-19-14-9-4-3-7-12(14)11-17-13-8-5-6-10-16-15(13)18/h3-4,7,9,13,17H,2,5-6,8,10-11H2,1H3,(H,16,18). The molecule has 0 aliphatic carbocycles. The first kappa shape index (κ1) is 13.9. The molecule has 1 aliphatic rings. The summed E-state index contributed by atoms with van der Waals surface area (Å²) in [5.74, 6) is 1.01. The molecule has 19 heavy (non-hydrogen) atoms. The van der Waals surface area contributed by atoms with E-state index in [0.29, 0.717) is 13.2 Å². The van der Waals surface area contributed by atoms with Gasteiger partial charge in [-0.2, -0.15) is 0 Å². The lowest BCUT2D eigenvalue weighted by Crippen LogP contribution is -2.42. The molecule has 0 bridgehead atoms. The first-order chi connectivity index (χ1) is 9.31. The third-order valence-electron chi connectivity index (χ3n) is 3.35. The molecular formula is C15H22N2O2. The van der Waals surface area contributed by atoms with E-state index in [0.717, 1.165) is 37.1 Å². The number of carbonyl (C=O) groups is 1. The zero-order valence-electron chi connectivity index (χ0n) is 11.4. The minimum atomic E-state index is -0.0859. The highest BCUT2D eigenvalue weighted by atomic mass is 16.5. The van der Waals surface area contributed by atoms with Gasteiger partial charge in [-0.1, -0.05) is 18.2 Å². The first-order valence-electron chi connectivity index (χ1n) is 7.03. The maximum Gasteiger partial charge on any atom is 0.237 e. The van der Waals surface area contributed by atoms with Crippen LogP contribution >= 0.6 is 0 Å². The molecule has 0 radical (unpaired) electrons. The van der Waals surface area contributed by atoms with E-state index in [1.807, 2.05) is 31.2 Å². The molecule has 1 atom stereocenters. The monoisotopic (exact) mass is 262 g/mol. The molecule has 104 valence electrons. The first-order valence-corrected chi connectivity index (χ1v) is 7.03. The Labute approximate surface area is 114 Å². The van der Waals surface area contributed by atoms with Crippen LogP contribution in [0.2, 0.25) is 0 Å². The minimum absolute atomic E-state index is 0.0859. The highest BCUT2D eigenvalue weighted by Gasteiger charge is 2.20. The Kier molecular flexibility index (Phi) is 5.21. The summed E-state index contributed by atoms with van der Waals surface area (Å²) in [6.45, 7) is 4.09. The van der Waals surface area contributed by atoms with E-state index >= 15 is 0 Å². The largest absolute Gasteiger partial charge is 0.494 e. The van der Waals surface area contributed by atoms with Crippen LogP contribution in [0.25, 0.3) is 0 Å². The number of hydrogen-bond acceptors (Lipinski definition) is 3. The van der Waals surface area contributed by atoms with E-state index in [1.165, 1.54) is 0 Å². The quantitative estimate of drug-likeness (QED) is 0.851. The maximum absolute atomic E-state index is 11.8. The maximum atomic E-state index is 11.8. The number of amides is 1. The number of hydrogen-bond donors (Lipinski definition) is 2. The van der Waals surface area contributed by atoms with Gasteiger partial charge in [-0.3, -0.25) is 4.79 Å². The molecule has 4 nitrogen and oxygen atoms in total. The van der Waals surface area contributed by atoms with E-state index < -0.39 is 0 Å². The highest BCUT2D eigenvalue weighted by Crippen LogP contribution is 2.18. The van der Waals surface area contributed by atoms with Crippen LogP contribution in [0.4, 0.5) is 0 Å². The Morgan fingerprint density at radius 2 is 2.21 bits per heavy atom. The van der Waals surface area contributed by atoms with Crippen molar-refractivity contribution < 1.29 is 9.53 Å². The van der Waals surface area contributed by atoms with Gasteiger partial charge in [0.15, 0.2) is 0 Å². The molecule has 1 fully saturated rings. The Balaban J connectivity index is 1.95. The van der Waals surface area contributed by atoms with Crippen molar-refractivity contribution in [1.82, 2.24) is 10.6 Å². The Morgan fingerprint density at radius 3 is 3.05 bits per heavy atom. The second kappa shape index (κ2) is 7.14. The van der Waals surface area contributed by atoms with Gasteiger partial charge in [0.2, 0.25) is 5.91 Å². The second-order valence-corrected chi connectivity index (χ2v) is 4.76. The summed E-state index contributed by atoms with van der Waals surface area (Å²) in [7, 11) is 0. The van der Waals surface area contributed by atoms with Crippen molar-refractivity contribution in [3.8, 4) is 5.75 Å². The van der Waals surface area contributed by atoms with Crippen LogP contribution in [0.5, 0.6) is 5.75 Å². The van der Waals surface area contributed by atoms with Gasteiger partial charge in [-0.15, -0.1) is 0 Å². The molecular weight excluding hydrogens is 240 g/mol. The van der Waals surface area contributed by atoms with Crippen LogP contribution in [0, 0.1) is 0 Å². The molecule has 0 aromatic heterocycles. The third kappa shape index (κ3) is 3.96. The molecule has 1 heterocycles. The predicted molar refractivity (Wildman–Crippen MR) is 75.1 cm³/mol. The second-order valence-electron chi connectivity index (χ2n) is 4.76. The summed E-state index contributed by atoms with van der Waals surface area (Å²) in [5, 5.41) is 6.27. The van der Waals surface area contributed by atoms with Crippen molar-refractivity contribution in [3.63, 3.8) is 0 Å². The molecule has 1 aromatic rings. The molecule has 0 saturated carbocycles. The van der Waals surface area contributed by atoms with Gasteiger partial charge in [0.25, 0.3) is 0 Å². The summed E-state index contributed by atoms with van der Waals surface area (Å²) in [6.07, 6.45) is 3.06. The van der Waals surface area contributed by atoms with Crippen LogP contribution in [0.1, 0.15) is 31.7 Å². The van der Waals surface area contributed by atoms with Gasteiger partial charge in [-0.25, -0.2) is 0 Å². The zero-order chi connectivity index (χ0) is 13.5. The number of para-hydroxylation sites is 1. The van der Waals surface area contributed by atoms with E-state index in [-0.39, 0.29) is 11.9 Å². The summed E-state index contributed by atoms with van der Waals surface area (Å²) >= 11 is 0. The van der Waals surface area contributed by atoms with Gasteiger partial charge in [0.05, 0.1) is 12.6 Å². The summed E-state index contributed by atoms with van der Waals surface area (Å²) in [5.41, 5.74) is 1.10. The molecule has 4 heteroatoms. The molecule has 0 spiro atoms.